The van der Waals surface area contributed by atoms with Crippen molar-refractivity contribution in [2.24, 2.45) is 0 Å². The second kappa shape index (κ2) is 3.14. The summed E-state index contributed by atoms with van der Waals surface area (Å²) in [4.78, 5) is 4.16. The van der Waals surface area contributed by atoms with E-state index in [0.717, 1.165) is 5.52 Å². The first-order chi connectivity index (χ1) is 6.91. The maximum Gasteiger partial charge on any atom is 0.204 e. The third-order valence-corrected chi connectivity index (χ3v) is 2.55. The van der Waals surface area contributed by atoms with E-state index in [4.69, 9.17) is 11.6 Å². The quantitative estimate of drug-likeness (QED) is 0.747. The summed E-state index contributed by atoms with van der Waals surface area (Å²) in [5.41, 5.74) is 1.25. The molecule has 0 unspecified atom stereocenters. The Morgan fingerprint density at radius 2 is 2.00 bits per heavy atom. The van der Waals surface area contributed by atoms with Gasteiger partial charge < -0.3 is 9.67 Å². The van der Waals surface area contributed by atoms with Crippen molar-refractivity contribution in [1.29, 1.82) is 0 Å². The fourth-order valence-electron chi connectivity index (χ4n) is 1.69. The fraction of sp³-hybridized carbons (Fsp3) is 0.364. The van der Waals surface area contributed by atoms with Gasteiger partial charge in [0.1, 0.15) is 11.3 Å². The molecule has 0 aliphatic heterocycles. The lowest BCUT2D eigenvalue weighted by molar-refractivity contribution is 0.409. The maximum atomic E-state index is 9.64. The van der Waals surface area contributed by atoms with Crippen LogP contribution in [0, 0.1) is 0 Å². The van der Waals surface area contributed by atoms with E-state index in [2.05, 4.69) is 4.98 Å². The molecule has 1 aromatic heterocycles. The van der Waals surface area contributed by atoms with Gasteiger partial charge in [0.15, 0.2) is 0 Å². The van der Waals surface area contributed by atoms with Crippen molar-refractivity contribution in [2.75, 3.05) is 0 Å². The lowest BCUT2D eigenvalue weighted by Crippen LogP contribution is -2.21. The molecule has 0 aliphatic rings. The van der Waals surface area contributed by atoms with Crippen molar-refractivity contribution in [3.8, 4) is 5.75 Å². The molecule has 0 saturated carbocycles. The Morgan fingerprint density at radius 1 is 1.33 bits per heavy atom. The second-order valence-electron chi connectivity index (χ2n) is 4.53. The molecule has 0 fully saturated rings. The molecule has 0 bridgehead atoms. The lowest BCUT2D eigenvalue weighted by Gasteiger charge is -2.22. The number of phenols is 1. The Balaban J connectivity index is 2.86. The van der Waals surface area contributed by atoms with Gasteiger partial charge in [-0.1, -0.05) is 6.07 Å². The van der Waals surface area contributed by atoms with E-state index in [1.807, 2.05) is 31.4 Å². The van der Waals surface area contributed by atoms with Gasteiger partial charge in [0, 0.05) is 5.54 Å². The molecule has 0 radical (unpaired) electrons. The number of aromatic hydroxyl groups is 1. The van der Waals surface area contributed by atoms with Gasteiger partial charge in [-0.05, 0) is 44.5 Å². The number of imidazole rings is 1. The molecule has 1 N–H and O–H groups in total. The van der Waals surface area contributed by atoms with Crippen LogP contribution < -0.4 is 0 Å². The van der Waals surface area contributed by atoms with E-state index in [0.29, 0.717) is 10.8 Å². The van der Waals surface area contributed by atoms with Gasteiger partial charge in [0.05, 0.1) is 5.52 Å². The highest BCUT2D eigenvalue weighted by atomic mass is 35.5. The summed E-state index contributed by atoms with van der Waals surface area (Å²) >= 11 is 6.06. The van der Waals surface area contributed by atoms with Crippen LogP contribution in [0.1, 0.15) is 20.8 Å². The van der Waals surface area contributed by atoms with Crippen LogP contribution in [-0.2, 0) is 5.54 Å². The molecule has 1 aromatic carbocycles. The van der Waals surface area contributed by atoms with Crippen molar-refractivity contribution in [2.45, 2.75) is 26.3 Å². The molecular formula is C11H13ClN2O. The summed E-state index contributed by atoms with van der Waals surface area (Å²) in [5.74, 6) is 0.164. The van der Waals surface area contributed by atoms with Crippen molar-refractivity contribution >= 4 is 22.6 Å². The van der Waals surface area contributed by atoms with E-state index < -0.39 is 0 Å². The van der Waals surface area contributed by atoms with Crippen LogP contribution in [0.5, 0.6) is 5.75 Å². The zero-order valence-electron chi connectivity index (χ0n) is 8.95. The number of fused-ring (bicyclic) bond motifs is 1. The zero-order valence-corrected chi connectivity index (χ0v) is 9.71. The van der Waals surface area contributed by atoms with Gasteiger partial charge in [0.25, 0.3) is 0 Å². The van der Waals surface area contributed by atoms with Crippen LogP contribution in [-0.4, -0.2) is 14.7 Å². The average molecular weight is 225 g/mol. The molecule has 15 heavy (non-hydrogen) atoms. The van der Waals surface area contributed by atoms with Gasteiger partial charge in [-0.15, -0.1) is 0 Å². The van der Waals surface area contributed by atoms with Crippen LogP contribution in [0.2, 0.25) is 5.28 Å². The summed E-state index contributed by atoms with van der Waals surface area (Å²) in [6, 6.07) is 5.30. The molecule has 1 heterocycles. The summed E-state index contributed by atoms with van der Waals surface area (Å²) < 4.78 is 1.91. The van der Waals surface area contributed by atoms with E-state index in [1.165, 1.54) is 0 Å². The highest BCUT2D eigenvalue weighted by molar-refractivity contribution is 6.29. The first-order valence-corrected chi connectivity index (χ1v) is 5.15. The second-order valence-corrected chi connectivity index (χ2v) is 4.87. The first kappa shape index (κ1) is 10.3. The molecule has 0 spiro atoms. The Labute approximate surface area is 93.3 Å². The number of hydrogen-bond donors (Lipinski definition) is 1. The highest BCUT2D eigenvalue weighted by Crippen LogP contribution is 2.31. The van der Waals surface area contributed by atoms with Gasteiger partial charge >= 0.3 is 0 Å². The van der Waals surface area contributed by atoms with E-state index in [1.54, 1.807) is 12.1 Å². The Kier molecular flexibility index (Phi) is 2.15. The van der Waals surface area contributed by atoms with Crippen molar-refractivity contribution in [3.63, 3.8) is 0 Å². The molecule has 4 heteroatoms. The SMILES string of the molecule is CC(C)(C)n1c(Cl)nc2c(O)cccc21. The van der Waals surface area contributed by atoms with Gasteiger partial charge in [-0.3, -0.25) is 0 Å². The molecule has 3 nitrogen and oxygen atoms in total. The van der Waals surface area contributed by atoms with Crippen LogP contribution in [0.3, 0.4) is 0 Å². The van der Waals surface area contributed by atoms with Crippen molar-refractivity contribution in [1.82, 2.24) is 9.55 Å². The minimum absolute atomic E-state index is 0.153. The molecule has 0 atom stereocenters. The molecule has 0 saturated heterocycles. The van der Waals surface area contributed by atoms with Crippen LogP contribution in [0.4, 0.5) is 0 Å². The minimum Gasteiger partial charge on any atom is -0.506 e. The van der Waals surface area contributed by atoms with Crippen molar-refractivity contribution in [3.05, 3.63) is 23.5 Å². The largest absolute Gasteiger partial charge is 0.506 e. The Bertz CT molecular complexity index is 511. The molecule has 0 amide bonds. The Morgan fingerprint density at radius 3 is 2.60 bits per heavy atom. The molecule has 80 valence electrons. The maximum absolute atomic E-state index is 9.64. The lowest BCUT2D eigenvalue weighted by atomic mass is 10.1. The monoisotopic (exact) mass is 224 g/mol. The third kappa shape index (κ3) is 1.57. The zero-order chi connectivity index (χ0) is 11.2. The molecule has 0 aliphatic carbocycles. The Hall–Kier alpha value is -1.22. The number of benzene rings is 1. The molecule has 2 aromatic rings. The summed E-state index contributed by atoms with van der Waals surface area (Å²) in [6.07, 6.45) is 0. The van der Waals surface area contributed by atoms with E-state index in [-0.39, 0.29) is 11.3 Å². The summed E-state index contributed by atoms with van der Waals surface area (Å²) in [7, 11) is 0. The molecular weight excluding hydrogens is 212 g/mol. The number of aromatic nitrogens is 2. The normalized spacial score (nSPS) is 12.3. The molecule has 2 rings (SSSR count). The minimum atomic E-state index is -0.153. The fourth-order valence-corrected chi connectivity index (χ4v) is 2.12. The van der Waals surface area contributed by atoms with Gasteiger partial charge in [-0.2, -0.15) is 0 Å². The topological polar surface area (TPSA) is 38.0 Å². The standard InChI is InChI=1S/C11H13ClN2O/c1-11(2,3)14-7-5-4-6-8(15)9(7)13-10(14)12/h4-6,15H,1-3H3. The number of hydrogen-bond acceptors (Lipinski definition) is 2. The average Bonchev–Trinajstić information content (AvgIpc) is 2.41. The third-order valence-electron chi connectivity index (χ3n) is 2.29. The number of phenolic OH excluding ortho intramolecular Hbond substituents is 1. The summed E-state index contributed by atoms with van der Waals surface area (Å²) in [6.45, 7) is 6.14. The van der Waals surface area contributed by atoms with Crippen LogP contribution >= 0.6 is 11.6 Å². The number of halogens is 1. The highest BCUT2D eigenvalue weighted by Gasteiger charge is 2.21. The predicted molar refractivity (Wildman–Crippen MR) is 61.4 cm³/mol. The number of para-hydroxylation sites is 1. The van der Waals surface area contributed by atoms with Crippen LogP contribution in [0.25, 0.3) is 11.0 Å². The van der Waals surface area contributed by atoms with Crippen molar-refractivity contribution < 1.29 is 5.11 Å². The van der Waals surface area contributed by atoms with Crippen LogP contribution in [0.15, 0.2) is 18.2 Å². The number of rotatable bonds is 0. The first-order valence-electron chi connectivity index (χ1n) is 4.77. The predicted octanol–water partition coefficient (Wildman–Crippen LogP) is 3.15. The van der Waals surface area contributed by atoms with E-state index in [9.17, 15) is 5.11 Å². The number of nitrogens with zero attached hydrogens (tertiary/aromatic N) is 2. The summed E-state index contributed by atoms with van der Waals surface area (Å²) in [5, 5.41) is 10.0. The van der Waals surface area contributed by atoms with Gasteiger partial charge in [0.2, 0.25) is 5.28 Å². The van der Waals surface area contributed by atoms with E-state index >= 15 is 0 Å². The van der Waals surface area contributed by atoms with Gasteiger partial charge in [-0.25, -0.2) is 4.98 Å². The smallest absolute Gasteiger partial charge is 0.204 e.